The molecule has 0 unspecified atom stereocenters. The maximum atomic E-state index is 15.0. The lowest BCUT2D eigenvalue weighted by Gasteiger charge is -2.46. The van der Waals surface area contributed by atoms with E-state index in [-0.39, 0.29) is 47.4 Å². The summed E-state index contributed by atoms with van der Waals surface area (Å²) in [6.45, 7) is 4.44. The molecule has 1 saturated carbocycles. The maximum Gasteiger partial charge on any atom is 0.251 e. The highest BCUT2D eigenvalue weighted by Crippen LogP contribution is 2.50. The minimum Gasteiger partial charge on any atom is -0.296 e. The van der Waals surface area contributed by atoms with Gasteiger partial charge in [0.05, 0.1) is 11.6 Å². The molecule has 1 aliphatic heterocycles. The fourth-order valence-corrected chi connectivity index (χ4v) is 7.31. The molecule has 220 valence electrons. The summed E-state index contributed by atoms with van der Waals surface area (Å²) in [6.07, 6.45) is 5.98. The second-order valence-corrected chi connectivity index (χ2v) is 12.8. The van der Waals surface area contributed by atoms with E-state index in [4.69, 9.17) is 0 Å². The van der Waals surface area contributed by atoms with Gasteiger partial charge in [-0.3, -0.25) is 24.2 Å². The van der Waals surface area contributed by atoms with Gasteiger partial charge in [0.1, 0.15) is 23.2 Å². The number of hydrogen-bond donors (Lipinski definition) is 0. The second kappa shape index (κ2) is 11.0. The van der Waals surface area contributed by atoms with E-state index in [1.165, 1.54) is 40.3 Å². The topological polar surface area (TPSA) is 94.4 Å². The Bertz CT molecular complexity index is 1640. The number of carbonyl (C=O) groups excluding carboxylic acids is 3. The van der Waals surface area contributed by atoms with Crippen molar-refractivity contribution in [2.45, 2.75) is 76.8 Å². The number of ketones is 1. The van der Waals surface area contributed by atoms with E-state index < -0.39 is 23.3 Å². The van der Waals surface area contributed by atoms with Crippen molar-refractivity contribution in [1.29, 1.82) is 5.26 Å². The van der Waals surface area contributed by atoms with Crippen molar-refractivity contribution in [3.63, 3.8) is 0 Å². The quantitative estimate of drug-likeness (QED) is 0.345. The second-order valence-electron chi connectivity index (χ2n) is 12.8. The van der Waals surface area contributed by atoms with Gasteiger partial charge in [-0.05, 0) is 91.8 Å². The summed E-state index contributed by atoms with van der Waals surface area (Å²) in [5, 5.41) is 9.47. The standard InChI is InChI=1S/C35H35FN4O3/c1-34(2)16-12-25(13-17-34)32(42)35(18-14-24-6-3-4-9-28(24)35)40(27-8-5-7-26(36)21-27)33(43)29-10-11-31(41)39(29)30-20-23(22-37)15-19-38-30/h3-9,15,19-21,25,29H,10-14,16-18H2,1-2H3/t29-,35-/m0/s1. The molecule has 0 radical (unpaired) electrons. The molecule has 1 aromatic heterocycles. The van der Waals surface area contributed by atoms with Gasteiger partial charge in [0.15, 0.2) is 5.78 Å². The monoisotopic (exact) mass is 578 g/mol. The van der Waals surface area contributed by atoms with Crippen LogP contribution in [-0.2, 0) is 26.3 Å². The summed E-state index contributed by atoms with van der Waals surface area (Å²) in [5.41, 5.74) is 1.14. The fraction of sp³-hybridized carbons (Fsp3) is 0.400. The first-order valence-electron chi connectivity index (χ1n) is 15.1. The van der Waals surface area contributed by atoms with Crippen LogP contribution in [0.2, 0.25) is 0 Å². The number of fused-ring (bicyclic) bond motifs is 1. The van der Waals surface area contributed by atoms with Crippen LogP contribution in [0.15, 0.2) is 66.9 Å². The number of aryl methyl sites for hydroxylation is 1. The average molecular weight is 579 g/mol. The van der Waals surface area contributed by atoms with Crippen molar-refractivity contribution in [1.82, 2.24) is 4.98 Å². The molecule has 8 heteroatoms. The first-order valence-corrected chi connectivity index (χ1v) is 15.1. The Morgan fingerprint density at radius 2 is 1.77 bits per heavy atom. The Kier molecular flexibility index (Phi) is 7.37. The van der Waals surface area contributed by atoms with Gasteiger partial charge in [0, 0.05) is 24.2 Å². The molecule has 2 aromatic carbocycles. The lowest BCUT2D eigenvalue weighted by atomic mass is 9.68. The minimum absolute atomic E-state index is 0.0222. The summed E-state index contributed by atoms with van der Waals surface area (Å²) >= 11 is 0. The summed E-state index contributed by atoms with van der Waals surface area (Å²) in [4.78, 5) is 50.4. The first-order chi connectivity index (χ1) is 20.6. The Morgan fingerprint density at radius 3 is 2.51 bits per heavy atom. The number of benzene rings is 2. The number of hydrogen-bond acceptors (Lipinski definition) is 5. The molecule has 3 aliphatic rings. The molecule has 7 nitrogen and oxygen atoms in total. The van der Waals surface area contributed by atoms with Crippen LogP contribution >= 0.6 is 0 Å². The van der Waals surface area contributed by atoms with E-state index in [1.54, 1.807) is 12.1 Å². The van der Waals surface area contributed by atoms with Crippen LogP contribution in [0.3, 0.4) is 0 Å². The van der Waals surface area contributed by atoms with Crippen molar-refractivity contribution in [3.8, 4) is 6.07 Å². The van der Waals surface area contributed by atoms with E-state index in [0.29, 0.717) is 18.4 Å². The van der Waals surface area contributed by atoms with Gasteiger partial charge in [-0.1, -0.05) is 44.2 Å². The number of Topliss-reactive ketones (excluding diaryl/α,β-unsaturated/α-hetero) is 1. The zero-order valence-corrected chi connectivity index (χ0v) is 24.6. The third-order valence-electron chi connectivity index (χ3n) is 9.62. The SMILES string of the molecule is CC1(C)CCC(C(=O)[C@]2(N(C(=O)[C@@H]3CCC(=O)N3c3cc(C#N)ccn3)c3cccc(F)c3)CCc3ccccc32)CC1. The van der Waals surface area contributed by atoms with Crippen molar-refractivity contribution < 1.29 is 18.8 Å². The molecule has 2 atom stereocenters. The van der Waals surface area contributed by atoms with Crippen LogP contribution in [0, 0.1) is 28.5 Å². The molecular formula is C35H35FN4O3. The number of nitrogens with zero attached hydrogens (tertiary/aromatic N) is 4. The van der Waals surface area contributed by atoms with Crippen molar-refractivity contribution in [2.75, 3.05) is 9.80 Å². The van der Waals surface area contributed by atoms with Crippen LogP contribution in [0.5, 0.6) is 0 Å². The number of anilines is 2. The molecule has 6 rings (SSSR count). The van der Waals surface area contributed by atoms with Gasteiger partial charge in [-0.2, -0.15) is 5.26 Å². The van der Waals surface area contributed by atoms with Crippen LogP contribution < -0.4 is 9.80 Å². The third kappa shape index (κ3) is 5.01. The van der Waals surface area contributed by atoms with E-state index in [2.05, 4.69) is 24.9 Å². The van der Waals surface area contributed by atoms with E-state index in [1.807, 2.05) is 24.3 Å². The van der Waals surface area contributed by atoms with Crippen LogP contribution in [0.4, 0.5) is 15.9 Å². The molecule has 0 spiro atoms. The molecule has 0 N–H and O–H groups in total. The lowest BCUT2D eigenvalue weighted by Crippen LogP contribution is -2.60. The third-order valence-corrected chi connectivity index (χ3v) is 9.62. The number of carbonyl (C=O) groups is 3. The summed E-state index contributed by atoms with van der Waals surface area (Å²) in [7, 11) is 0. The van der Waals surface area contributed by atoms with Crippen molar-refractivity contribution in [3.05, 3.63) is 89.4 Å². The number of nitriles is 1. The van der Waals surface area contributed by atoms with Gasteiger partial charge in [-0.15, -0.1) is 0 Å². The normalized spacial score (nSPS) is 23.1. The molecule has 2 heterocycles. The highest BCUT2D eigenvalue weighted by Gasteiger charge is 2.56. The highest BCUT2D eigenvalue weighted by molar-refractivity contribution is 6.12. The van der Waals surface area contributed by atoms with E-state index in [9.17, 15) is 24.0 Å². The average Bonchev–Trinajstić information content (AvgIpc) is 3.58. The summed E-state index contributed by atoms with van der Waals surface area (Å²) in [5.74, 6) is -1.33. The Hall–Kier alpha value is -4.38. The number of halogens is 1. The highest BCUT2D eigenvalue weighted by atomic mass is 19.1. The molecule has 2 aliphatic carbocycles. The molecule has 2 amide bonds. The van der Waals surface area contributed by atoms with Crippen molar-refractivity contribution in [2.24, 2.45) is 11.3 Å². The molecule has 43 heavy (non-hydrogen) atoms. The van der Waals surface area contributed by atoms with E-state index >= 15 is 0 Å². The predicted octanol–water partition coefficient (Wildman–Crippen LogP) is 6.25. The zero-order valence-electron chi connectivity index (χ0n) is 24.6. The minimum atomic E-state index is -1.35. The van der Waals surface area contributed by atoms with Crippen LogP contribution in [-0.4, -0.2) is 28.6 Å². The Morgan fingerprint density at radius 1 is 1.00 bits per heavy atom. The molecule has 3 aromatic rings. The molecular weight excluding hydrogens is 543 g/mol. The zero-order chi connectivity index (χ0) is 30.4. The number of rotatable bonds is 6. The number of pyridine rings is 1. The van der Waals surface area contributed by atoms with Gasteiger partial charge in [0.2, 0.25) is 5.91 Å². The summed E-state index contributed by atoms with van der Waals surface area (Å²) in [6, 6.07) is 17.7. The predicted molar refractivity (Wildman–Crippen MR) is 161 cm³/mol. The fourth-order valence-electron chi connectivity index (χ4n) is 7.31. The Balaban J connectivity index is 1.51. The molecule has 0 bridgehead atoms. The van der Waals surface area contributed by atoms with Gasteiger partial charge < -0.3 is 0 Å². The Labute approximate surface area is 251 Å². The lowest BCUT2D eigenvalue weighted by molar-refractivity contribution is -0.134. The van der Waals surface area contributed by atoms with Gasteiger partial charge in [-0.25, -0.2) is 9.37 Å². The summed E-state index contributed by atoms with van der Waals surface area (Å²) < 4.78 is 14.9. The van der Waals surface area contributed by atoms with Crippen LogP contribution in [0.25, 0.3) is 0 Å². The number of amides is 2. The first kappa shape index (κ1) is 28.7. The molecule has 1 saturated heterocycles. The maximum absolute atomic E-state index is 15.0. The number of aromatic nitrogens is 1. The van der Waals surface area contributed by atoms with E-state index in [0.717, 1.165) is 36.8 Å². The van der Waals surface area contributed by atoms with Gasteiger partial charge in [0.25, 0.3) is 5.91 Å². The van der Waals surface area contributed by atoms with Crippen LogP contribution in [0.1, 0.15) is 75.5 Å². The smallest absolute Gasteiger partial charge is 0.251 e. The largest absolute Gasteiger partial charge is 0.296 e. The van der Waals surface area contributed by atoms with Gasteiger partial charge >= 0.3 is 0 Å². The van der Waals surface area contributed by atoms with Crippen molar-refractivity contribution >= 4 is 29.1 Å². The molecule has 2 fully saturated rings.